The third-order valence-electron chi connectivity index (χ3n) is 6.09. The summed E-state index contributed by atoms with van der Waals surface area (Å²) in [5, 5.41) is 18.9. The monoisotopic (exact) mass is 432 g/mol. The van der Waals surface area contributed by atoms with Gasteiger partial charge in [0.25, 0.3) is 0 Å². The van der Waals surface area contributed by atoms with Gasteiger partial charge in [-0.05, 0) is 69.2 Å². The molecule has 32 heavy (non-hydrogen) atoms. The number of aliphatic hydroxyl groups excluding tert-OH is 1. The van der Waals surface area contributed by atoms with Crippen LogP contribution in [0.4, 0.5) is 15.9 Å². The Morgan fingerprint density at radius 1 is 1.16 bits per heavy atom. The van der Waals surface area contributed by atoms with E-state index in [1.807, 2.05) is 12.1 Å². The lowest BCUT2D eigenvalue weighted by atomic mass is 9.89. The molecule has 0 unspecified atom stereocenters. The third-order valence-corrected chi connectivity index (χ3v) is 6.09. The van der Waals surface area contributed by atoms with Crippen LogP contribution in [0.3, 0.4) is 0 Å². The van der Waals surface area contributed by atoms with Crippen LogP contribution in [0.2, 0.25) is 0 Å². The van der Waals surface area contributed by atoms with Crippen molar-refractivity contribution in [1.82, 2.24) is 24.6 Å². The maximum atomic E-state index is 14.7. The zero-order valence-electron chi connectivity index (χ0n) is 17.8. The predicted octanol–water partition coefficient (Wildman–Crippen LogP) is 4.07. The molecule has 8 heteroatoms. The van der Waals surface area contributed by atoms with Gasteiger partial charge in [-0.1, -0.05) is 0 Å². The molecule has 0 amide bonds. The molecule has 7 nitrogen and oxygen atoms in total. The molecule has 164 valence electrons. The Labute approximate surface area is 185 Å². The summed E-state index contributed by atoms with van der Waals surface area (Å²) < 4.78 is 16.3. The van der Waals surface area contributed by atoms with E-state index in [1.54, 1.807) is 47.5 Å². The van der Waals surface area contributed by atoms with Crippen molar-refractivity contribution in [1.29, 1.82) is 0 Å². The lowest BCUT2D eigenvalue weighted by Crippen LogP contribution is -2.32. The van der Waals surface area contributed by atoms with Gasteiger partial charge in [0, 0.05) is 36.1 Å². The van der Waals surface area contributed by atoms with E-state index in [0.717, 1.165) is 31.3 Å². The Bertz CT molecular complexity index is 1220. The van der Waals surface area contributed by atoms with Crippen molar-refractivity contribution in [2.24, 2.45) is 5.92 Å². The molecule has 1 aliphatic heterocycles. The molecule has 1 atom stereocenters. The minimum absolute atomic E-state index is 0.206. The highest BCUT2D eigenvalue weighted by Crippen LogP contribution is 2.31. The first kappa shape index (κ1) is 20.5. The number of aromatic nitrogens is 4. The van der Waals surface area contributed by atoms with Crippen molar-refractivity contribution in [3.05, 3.63) is 72.6 Å². The summed E-state index contributed by atoms with van der Waals surface area (Å²) in [4.78, 5) is 11.4. The lowest BCUT2D eigenvalue weighted by molar-refractivity contribution is 0.0629. The number of rotatable bonds is 5. The van der Waals surface area contributed by atoms with Gasteiger partial charge in [0.15, 0.2) is 0 Å². The van der Waals surface area contributed by atoms with Crippen molar-refractivity contribution in [2.45, 2.75) is 18.9 Å². The number of nitrogens with one attached hydrogen (secondary N) is 1. The number of hydrogen-bond donors (Lipinski definition) is 2. The third kappa shape index (κ3) is 4.19. The number of aliphatic hydroxyl groups is 1. The fourth-order valence-corrected chi connectivity index (χ4v) is 4.16. The Kier molecular flexibility index (Phi) is 5.55. The van der Waals surface area contributed by atoms with Crippen molar-refractivity contribution in [3.8, 4) is 5.69 Å². The zero-order chi connectivity index (χ0) is 22.1. The molecule has 0 spiro atoms. The van der Waals surface area contributed by atoms with Gasteiger partial charge < -0.3 is 15.3 Å². The molecule has 1 fully saturated rings. The number of nitrogens with zero attached hydrogens (tertiary/aromatic N) is 5. The standard InChI is InChI=1S/C24H25FN6O/c1-30-11-7-16(8-12-30)24(32)21-5-3-17-15-26-23(14-22(17)28-21)29-20-6-4-18(13-19(20)25)31-10-2-9-27-31/h2-6,9-10,13-16,24,32H,7-8,11-12H2,1H3,(H,26,29)/t24-/m1/s1. The van der Waals surface area contributed by atoms with Crippen LogP contribution in [0.25, 0.3) is 16.6 Å². The Balaban J connectivity index is 1.37. The van der Waals surface area contributed by atoms with Crippen LogP contribution in [0.1, 0.15) is 24.6 Å². The van der Waals surface area contributed by atoms with E-state index in [1.165, 1.54) is 6.07 Å². The Morgan fingerprint density at radius 2 is 2.00 bits per heavy atom. The number of hydrogen-bond acceptors (Lipinski definition) is 6. The normalized spacial score (nSPS) is 16.3. The lowest BCUT2D eigenvalue weighted by Gasteiger charge is -2.31. The summed E-state index contributed by atoms with van der Waals surface area (Å²) in [7, 11) is 2.10. The summed E-state index contributed by atoms with van der Waals surface area (Å²) >= 11 is 0. The maximum Gasteiger partial charge on any atom is 0.148 e. The molecule has 0 radical (unpaired) electrons. The zero-order valence-corrected chi connectivity index (χ0v) is 17.8. The van der Waals surface area contributed by atoms with Crippen molar-refractivity contribution < 1.29 is 9.50 Å². The van der Waals surface area contributed by atoms with Crippen molar-refractivity contribution >= 4 is 22.4 Å². The van der Waals surface area contributed by atoms with Crippen LogP contribution in [0.15, 0.2) is 61.1 Å². The number of pyridine rings is 2. The number of anilines is 2. The summed E-state index contributed by atoms with van der Waals surface area (Å²) in [5.41, 5.74) is 2.33. The molecule has 3 aromatic heterocycles. The summed E-state index contributed by atoms with van der Waals surface area (Å²) in [6, 6.07) is 12.2. The maximum absolute atomic E-state index is 14.7. The first-order valence-electron chi connectivity index (χ1n) is 10.8. The SMILES string of the molecule is CN1CCC([C@@H](O)c2ccc3cnc(Nc4ccc(-n5cccn5)cc4F)cc3n2)CC1. The molecule has 0 saturated carbocycles. The van der Waals surface area contributed by atoms with E-state index < -0.39 is 11.9 Å². The van der Waals surface area contributed by atoms with Crippen molar-refractivity contribution in [3.63, 3.8) is 0 Å². The molecule has 1 saturated heterocycles. The van der Waals surface area contributed by atoms with E-state index in [4.69, 9.17) is 4.98 Å². The summed E-state index contributed by atoms with van der Waals surface area (Å²) in [6.45, 7) is 1.97. The van der Waals surface area contributed by atoms with Crippen LogP contribution in [0.5, 0.6) is 0 Å². The predicted molar refractivity (Wildman–Crippen MR) is 122 cm³/mol. The Morgan fingerprint density at radius 3 is 2.75 bits per heavy atom. The fourth-order valence-electron chi connectivity index (χ4n) is 4.16. The molecule has 1 aromatic carbocycles. The largest absolute Gasteiger partial charge is 0.387 e. The van der Waals surface area contributed by atoms with Crippen LogP contribution < -0.4 is 5.32 Å². The van der Waals surface area contributed by atoms with Gasteiger partial charge in [-0.2, -0.15) is 5.10 Å². The van der Waals surface area contributed by atoms with Gasteiger partial charge in [-0.15, -0.1) is 0 Å². The molecule has 0 bridgehead atoms. The van der Waals surface area contributed by atoms with Crippen LogP contribution >= 0.6 is 0 Å². The molecule has 2 N–H and O–H groups in total. The van der Waals surface area contributed by atoms with Crippen LogP contribution in [-0.4, -0.2) is 49.9 Å². The van der Waals surface area contributed by atoms with E-state index in [2.05, 4.69) is 27.3 Å². The molecule has 1 aliphatic rings. The van der Waals surface area contributed by atoms with Gasteiger partial charge in [0.2, 0.25) is 0 Å². The molecular weight excluding hydrogens is 407 g/mol. The van der Waals surface area contributed by atoms with Crippen LogP contribution in [0, 0.1) is 11.7 Å². The smallest absolute Gasteiger partial charge is 0.148 e. The number of likely N-dealkylation sites (tertiary alicyclic amines) is 1. The van der Waals surface area contributed by atoms with E-state index >= 15 is 0 Å². The second kappa shape index (κ2) is 8.64. The average molecular weight is 433 g/mol. The second-order valence-corrected chi connectivity index (χ2v) is 8.32. The minimum atomic E-state index is -0.593. The first-order valence-corrected chi connectivity index (χ1v) is 10.8. The fraction of sp³-hybridized carbons (Fsp3) is 0.292. The average Bonchev–Trinajstić information content (AvgIpc) is 3.35. The van der Waals surface area contributed by atoms with Gasteiger partial charge in [-0.3, -0.25) is 0 Å². The molecule has 4 aromatic rings. The summed E-state index contributed by atoms with van der Waals surface area (Å²) in [6.07, 6.45) is 6.42. The van der Waals surface area contributed by atoms with Gasteiger partial charge in [-0.25, -0.2) is 19.0 Å². The molecule has 5 rings (SSSR count). The number of fused-ring (bicyclic) bond motifs is 1. The molecule has 4 heterocycles. The quantitative estimate of drug-likeness (QED) is 0.495. The topological polar surface area (TPSA) is 79.1 Å². The van der Waals surface area contributed by atoms with E-state index in [-0.39, 0.29) is 5.92 Å². The van der Waals surface area contributed by atoms with Crippen molar-refractivity contribution in [2.75, 3.05) is 25.5 Å². The van der Waals surface area contributed by atoms with Gasteiger partial charge in [0.1, 0.15) is 11.6 Å². The number of halogens is 1. The second-order valence-electron chi connectivity index (χ2n) is 8.32. The highest BCUT2D eigenvalue weighted by Gasteiger charge is 2.26. The first-order chi connectivity index (χ1) is 15.6. The highest BCUT2D eigenvalue weighted by atomic mass is 19.1. The van der Waals surface area contributed by atoms with Gasteiger partial charge in [0.05, 0.1) is 28.7 Å². The minimum Gasteiger partial charge on any atom is -0.387 e. The molecule has 0 aliphatic carbocycles. The Hall–Kier alpha value is -3.36. The summed E-state index contributed by atoms with van der Waals surface area (Å²) in [5.74, 6) is 0.291. The number of piperidine rings is 1. The van der Waals surface area contributed by atoms with E-state index in [0.29, 0.717) is 28.4 Å². The van der Waals surface area contributed by atoms with Crippen LogP contribution in [-0.2, 0) is 0 Å². The number of benzene rings is 1. The molecular formula is C24H25FN6O. The highest BCUT2D eigenvalue weighted by molar-refractivity contribution is 5.81. The van der Waals surface area contributed by atoms with E-state index in [9.17, 15) is 9.50 Å². The van der Waals surface area contributed by atoms with Gasteiger partial charge >= 0.3 is 0 Å².